The molecule has 0 atom stereocenters. The number of hydrogen-bond donors (Lipinski definition) is 3. The van der Waals surface area contributed by atoms with Crippen LogP contribution in [0.4, 0.5) is 4.79 Å². The van der Waals surface area contributed by atoms with Crippen LogP contribution >= 0.6 is 0 Å². The lowest BCUT2D eigenvalue weighted by Gasteiger charge is -2.35. The van der Waals surface area contributed by atoms with Crippen LogP contribution in [0.3, 0.4) is 0 Å². The minimum Gasteiger partial charge on any atom is -0.481 e. The van der Waals surface area contributed by atoms with Gasteiger partial charge in [-0.05, 0) is 43.0 Å². The Labute approximate surface area is 204 Å². The molecule has 0 spiro atoms. The number of carbonyl (C=O) groups is 4. The van der Waals surface area contributed by atoms with E-state index in [4.69, 9.17) is 9.84 Å². The summed E-state index contributed by atoms with van der Waals surface area (Å²) < 4.78 is 5.39. The summed E-state index contributed by atoms with van der Waals surface area (Å²) in [7, 11) is 0. The van der Waals surface area contributed by atoms with E-state index < -0.39 is 29.4 Å². The Balaban J connectivity index is 1.46. The molecule has 35 heavy (non-hydrogen) atoms. The van der Waals surface area contributed by atoms with Crippen molar-refractivity contribution in [2.75, 3.05) is 26.2 Å². The molecule has 186 valence electrons. The first-order valence-electron chi connectivity index (χ1n) is 11.5. The number of ether oxygens (including phenoxy) is 1. The van der Waals surface area contributed by atoms with Crippen LogP contribution in [-0.2, 0) is 19.1 Å². The third-order valence-electron chi connectivity index (χ3n) is 5.83. The van der Waals surface area contributed by atoms with E-state index in [9.17, 15) is 19.2 Å². The van der Waals surface area contributed by atoms with Crippen molar-refractivity contribution in [3.8, 4) is 11.1 Å². The third-order valence-corrected chi connectivity index (χ3v) is 5.83. The van der Waals surface area contributed by atoms with E-state index in [1.807, 2.05) is 48.5 Å². The number of amides is 3. The molecule has 0 radical (unpaired) electrons. The SMILES string of the molecule is CC(C)(C)N(CCC(=O)O)C(=O)CNC(=O)CNC(=O)OCC1c2ccccc2-c2ccccc21. The molecule has 0 bridgehead atoms. The van der Waals surface area contributed by atoms with Crippen LogP contribution in [0, 0.1) is 0 Å². The first kappa shape index (κ1) is 25.7. The molecular formula is C26H31N3O6. The Bertz CT molecular complexity index is 1060. The molecule has 9 heteroatoms. The highest BCUT2D eigenvalue weighted by atomic mass is 16.5. The number of carbonyl (C=O) groups excluding carboxylic acids is 3. The standard InChI is InChI=1S/C26H31N3O6/c1-26(2,3)29(13-12-24(32)33)23(31)15-27-22(30)14-28-25(34)35-16-21-19-10-6-4-8-17(19)18-9-5-7-11-20(18)21/h4-11,21H,12-16H2,1-3H3,(H,27,30)(H,28,34)(H,32,33). The average Bonchev–Trinajstić information content (AvgIpc) is 3.13. The topological polar surface area (TPSA) is 125 Å². The monoisotopic (exact) mass is 481 g/mol. The Hall–Kier alpha value is -3.88. The lowest BCUT2D eigenvalue weighted by Crippen LogP contribution is -2.51. The number of benzene rings is 2. The van der Waals surface area contributed by atoms with Gasteiger partial charge in [0.1, 0.15) is 13.2 Å². The first-order valence-corrected chi connectivity index (χ1v) is 11.5. The molecule has 0 heterocycles. The van der Waals surface area contributed by atoms with Crippen molar-refractivity contribution >= 4 is 23.9 Å². The molecule has 0 fully saturated rings. The summed E-state index contributed by atoms with van der Waals surface area (Å²) in [4.78, 5) is 49.1. The molecule has 1 aliphatic carbocycles. The second kappa shape index (κ2) is 11.0. The van der Waals surface area contributed by atoms with Crippen LogP contribution < -0.4 is 10.6 Å². The maximum atomic E-state index is 12.5. The number of fused-ring (bicyclic) bond motifs is 3. The maximum absolute atomic E-state index is 12.5. The van der Waals surface area contributed by atoms with Gasteiger partial charge in [0, 0.05) is 18.0 Å². The minimum atomic E-state index is -1.01. The van der Waals surface area contributed by atoms with Crippen molar-refractivity contribution < 1.29 is 29.0 Å². The van der Waals surface area contributed by atoms with Crippen LogP contribution in [-0.4, -0.2) is 65.7 Å². The van der Waals surface area contributed by atoms with Gasteiger partial charge in [-0.25, -0.2) is 4.79 Å². The zero-order valence-electron chi connectivity index (χ0n) is 20.2. The highest BCUT2D eigenvalue weighted by Gasteiger charge is 2.29. The Morgan fingerprint density at radius 3 is 2.03 bits per heavy atom. The number of carboxylic acid groups (broad SMARTS) is 1. The molecule has 3 N–H and O–H groups in total. The highest BCUT2D eigenvalue weighted by molar-refractivity contribution is 5.87. The molecule has 2 aromatic carbocycles. The zero-order chi connectivity index (χ0) is 25.6. The third kappa shape index (κ3) is 6.59. The summed E-state index contributed by atoms with van der Waals surface area (Å²) in [5, 5.41) is 13.8. The second-order valence-electron chi connectivity index (χ2n) is 9.32. The lowest BCUT2D eigenvalue weighted by molar-refractivity contribution is -0.141. The van der Waals surface area contributed by atoms with Crippen LogP contribution in [0.1, 0.15) is 44.2 Å². The van der Waals surface area contributed by atoms with Crippen molar-refractivity contribution in [2.45, 2.75) is 38.6 Å². The van der Waals surface area contributed by atoms with Gasteiger partial charge in [0.25, 0.3) is 0 Å². The van der Waals surface area contributed by atoms with Crippen molar-refractivity contribution in [2.24, 2.45) is 0 Å². The van der Waals surface area contributed by atoms with Gasteiger partial charge in [0.15, 0.2) is 0 Å². The van der Waals surface area contributed by atoms with Gasteiger partial charge < -0.3 is 25.4 Å². The van der Waals surface area contributed by atoms with Crippen LogP contribution in [0.25, 0.3) is 11.1 Å². The Morgan fingerprint density at radius 2 is 1.49 bits per heavy atom. The number of rotatable bonds is 9. The van der Waals surface area contributed by atoms with Gasteiger partial charge in [-0.1, -0.05) is 48.5 Å². The summed E-state index contributed by atoms with van der Waals surface area (Å²) in [5.41, 5.74) is 3.81. The predicted octanol–water partition coefficient (Wildman–Crippen LogP) is 2.74. The summed E-state index contributed by atoms with van der Waals surface area (Å²) in [6.07, 6.45) is -0.925. The number of hydrogen-bond acceptors (Lipinski definition) is 5. The van der Waals surface area contributed by atoms with Crippen molar-refractivity contribution in [3.63, 3.8) is 0 Å². The molecule has 0 unspecified atom stereocenters. The first-order chi connectivity index (χ1) is 16.6. The predicted molar refractivity (Wildman–Crippen MR) is 130 cm³/mol. The second-order valence-corrected chi connectivity index (χ2v) is 9.32. The number of aliphatic carboxylic acids is 1. The molecule has 0 saturated carbocycles. The summed E-state index contributed by atoms with van der Waals surface area (Å²) in [6, 6.07) is 16.0. The molecule has 2 aromatic rings. The molecule has 1 aliphatic rings. The van der Waals surface area contributed by atoms with Crippen molar-refractivity contribution in [3.05, 3.63) is 59.7 Å². The van der Waals surface area contributed by atoms with E-state index in [0.717, 1.165) is 22.3 Å². The summed E-state index contributed by atoms with van der Waals surface area (Å²) in [6.45, 7) is 4.86. The molecule has 3 rings (SSSR count). The van der Waals surface area contributed by atoms with E-state index in [2.05, 4.69) is 10.6 Å². The molecule has 9 nitrogen and oxygen atoms in total. The Morgan fingerprint density at radius 1 is 0.914 bits per heavy atom. The minimum absolute atomic E-state index is 0.0333. The van der Waals surface area contributed by atoms with E-state index in [-0.39, 0.29) is 38.6 Å². The molecule has 3 amide bonds. The largest absolute Gasteiger partial charge is 0.481 e. The van der Waals surface area contributed by atoms with E-state index in [1.54, 1.807) is 20.8 Å². The van der Waals surface area contributed by atoms with Gasteiger partial charge in [-0.2, -0.15) is 0 Å². The number of alkyl carbamates (subject to hydrolysis) is 1. The van der Waals surface area contributed by atoms with Crippen LogP contribution in [0.2, 0.25) is 0 Å². The maximum Gasteiger partial charge on any atom is 0.407 e. The fourth-order valence-corrected chi connectivity index (χ4v) is 4.18. The van der Waals surface area contributed by atoms with Crippen LogP contribution in [0.15, 0.2) is 48.5 Å². The highest BCUT2D eigenvalue weighted by Crippen LogP contribution is 2.44. The van der Waals surface area contributed by atoms with Gasteiger partial charge in [-0.15, -0.1) is 0 Å². The average molecular weight is 482 g/mol. The smallest absolute Gasteiger partial charge is 0.407 e. The number of carboxylic acids is 1. The van der Waals surface area contributed by atoms with Crippen molar-refractivity contribution in [1.82, 2.24) is 15.5 Å². The Kier molecular flexibility index (Phi) is 8.11. The fourth-order valence-electron chi connectivity index (χ4n) is 4.18. The fraction of sp³-hybridized carbons (Fsp3) is 0.385. The van der Waals surface area contributed by atoms with Gasteiger partial charge in [-0.3, -0.25) is 14.4 Å². The molecule has 0 aliphatic heterocycles. The quantitative estimate of drug-likeness (QED) is 0.506. The summed E-state index contributed by atoms with van der Waals surface area (Å²) >= 11 is 0. The van der Waals surface area contributed by atoms with E-state index >= 15 is 0 Å². The van der Waals surface area contributed by atoms with Crippen LogP contribution in [0.5, 0.6) is 0 Å². The molecule has 0 saturated heterocycles. The normalized spacial score (nSPS) is 12.3. The van der Waals surface area contributed by atoms with Crippen molar-refractivity contribution in [1.29, 1.82) is 0 Å². The number of nitrogens with zero attached hydrogens (tertiary/aromatic N) is 1. The lowest BCUT2D eigenvalue weighted by atomic mass is 9.98. The molecule has 0 aromatic heterocycles. The number of nitrogens with one attached hydrogen (secondary N) is 2. The zero-order valence-corrected chi connectivity index (χ0v) is 20.2. The van der Waals surface area contributed by atoms with E-state index in [1.165, 1.54) is 4.90 Å². The van der Waals surface area contributed by atoms with E-state index in [0.29, 0.717) is 0 Å². The van der Waals surface area contributed by atoms with Gasteiger partial charge >= 0.3 is 12.1 Å². The van der Waals surface area contributed by atoms with Gasteiger partial charge in [0.05, 0.1) is 13.0 Å². The molecular weight excluding hydrogens is 450 g/mol. The van der Waals surface area contributed by atoms with Gasteiger partial charge in [0.2, 0.25) is 11.8 Å². The summed E-state index contributed by atoms with van der Waals surface area (Å²) in [5.74, 6) is -2.07.